The van der Waals surface area contributed by atoms with Crippen molar-refractivity contribution in [3.05, 3.63) is 114 Å². The van der Waals surface area contributed by atoms with Crippen LogP contribution in [0.15, 0.2) is 95.4 Å². The number of hydrogen-bond donors (Lipinski definition) is 2. The van der Waals surface area contributed by atoms with E-state index in [0.717, 1.165) is 36.1 Å². The number of hydrogen-bond acceptors (Lipinski definition) is 4. The maximum absolute atomic E-state index is 13.1. The van der Waals surface area contributed by atoms with Crippen LogP contribution in [0, 0.1) is 0 Å². The number of carbonyl (C=O) groups excluding carboxylic acids is 1. The Kier molecular flexibility index (Phi) is 7.67. The van der Waals surface area contributed by atoms with Crippen LogP contribution in [0.5, 0.6) is 0 Å². The van der Waals surface area contributed by atoms with Crippen LogP contribution >= 0.6 is 0 Å². The third kappa shape index (κ3) is 5.57. The van der Waals surface area contributed by atoms with Gasteiger partial charge in [0.25, 0.3) is 5.91 Å². The standard InChI is InChI=1S/C28H29N3O2/c1-29-19-11-12-20-30-27(32)26-25(23-17-9-4-10-18-23)31-28(33-26)24(21-13-5-2-6-14-21)22-15-7-3-8-16-22/h2-10,13-18,24,29H,11-12,19-20H2,1H3,(H,30,32). The van der Waals surface area contributed by atoms with Crippen LogP contribution in [-0.4, -0.2) is 31.0 Å². The second-order valence-corrected chi connectivity index (χ2v) is 7.92. The van der Waals surface area contributed by atoms with Crippen molar-refractivity contribution < 1.29 is 9.21 Å². The molecule has 33 heavy (non-hydrogen) atoms. The first-order chi connectivity index (χ1) is 16.3. The van der Waals surface area contributed by atoms with Gasteiger partial charge in [-0.1, -0.05) is 91.0 Å². The number of amides is 1. The fraction of sp³-hybridized carbons (Fsp3) is 0.214. The molecule has 168 valence electrons. The van der Waals surface area contributed by atoms with Crippen molar-refractivity contribution in [3.63, 3.8) is 0 Å². The van der Waals surface area contributed by atoms with E-state index in [1.807, 2.05) is 73.8 Å². The minimum atomic E-state index is -0.239. The summed E-state index contributed by atoms with van der Waals surface area (Å²) in [5, 5.41) is 6.12. The van der Waals surface area contributed by atoms with E-state index >= 15 is 0 Å². The Bertz CT molecular complexity index is 1100. The Morgan fingerprint density at radius 1 is 0.818 bits per heavy atom. The summed E-state index contributed by atoms with van der Waals surface area (Å²) >= 11 is 0. The molecule has 1 heterocycles. The van der Waals surface area contributed by atoms with Crippen molar-refractivity contribution >= 4 is 5.91 Å². The molecule has 0 fully saturated rings. The Hall–Kier alpha value is -3.70. The van der Waals surface area contributed by atoms with Gasteiger partial charge in [0.1, 0.15) is 5.69 Å². The molecule has 0 bridgehead atoms. The molecule has 2 N–H and O–H groups in total. The molecule has 0 aliphatic heterocycles. The van der Waals surface area contributed by atoms with Gasteiger partial charge in [0, 0.05) is 12.1 Å². The molecule has 5 nitrogen and oxygen atoms in total. The highest BCUT2D eigenvalue weighted by atomic mass is 16.4. The van der Waals surface area contributed by atoms with Crippen molar-refractivity contribution in [2.75, 3.05) is 20.1 Å². The summed E-state index contributed by atoms with van der Waals surface area (Å²) in [5.41, 5.74) is 3.54. The highest BCUT2D eigenvalue weighted by Crippen LogP contribution is 2.35. The third-order valence-electron chi connectivity index (χ3n) is 5.55. The van der Waals surface area contributed by atoms with Crippen LogP contribution in [0.3, 0.4) is 0 Å². The monoisotopic (exact) mass is 439 g/mol. The highest BCUT2D eigenvalue weighted by Gasteiger charge is 2.27. The van der Waals surface area contributed by atoms with E-state index < -0.39 is 0 Å². The Morgan fingerprint density at radius 2 is 1.36 bits per heavy atom. The van der Waals surface area contributed by atoms with Crippen LogP contribution in [0.2, 0.25) is 0 Å². The lowest BCUT2D eigenvalue weighted by atomic mass is 9.91. The SMILES string of the molecule is CNCCCCNC(=O)c1oc(C(c2ccccc2)c2ccccc2)nc1-c1ccccc1. The zero-order valence-corrected chi connectivity index (χ0v) is 18.8. The molecule has 0 saturated heterocycles. The van der Waals surface area contributed by atoms with Crippen LogP contribution in [-0.2, 0) is 0 Å². The van der Waals surface area contributed by atoms with E-state index in [1.54, 1.807) is 0 Å². The normalized spacial score (nSPS) is 11.0. The molecule has 0 atom stereocenters. The van der Waals surface area contributed by atoms with E-state index in [0.29, 0.717) is 18.1 Å². The fourth-order valence-corrected chi connectivity index (χ4v) is 3.88. The number of nitrogens with zero attached hydrogens (tertiary/aromatic N) is 1. The van der Waals surface area contributed by atoms with E-state index in [1.165, 1.54) is 0 Å². The molecule has 4 aromatic rings. The number of rotatable bonds is 10. The third-order valence-corrected chi connectivity index (χ3v) is 5.55. The predicted molar refractivity (Wildman–Crippen MR) is 131 cm³/mol. The van der Waals surface area contributed by atoms with Crippen LogP contribution in [0.4, 0.5) is 0 Å². The van der Waals surface area contributed by atoms with Crippen molar-refractivity contribution in [1.29, 1.82) is 0 Å². The summed E-state index contributed by atoms with van der Waals surface area (Å²) in [4.78, 5) is 18.0. The average molecular weight is 440 g/mol. The molecule has 3 aromatic carbocycles. The maximum atomic E-state index is 13.1. The fourth-order valence-electron chi connectivity index (χ4n) is 3.88. The topological polar surface area (TPSA) is 67.2 Å². The van der Waals surface area contributed by atoms with E-state index in [-0.39, 0.29) is 17.6 Å². The summed E-state index contributed by atoms with van der Waals surface area (Å²) in [6.07, 6.45) is 1.89. The molecule has 4 rings (SSSR count). The minimum Gasteiger partial charge on any atom is -0.434 e. The Balaban J connectivity index is 1.72. The van der Waals surface area contributed by atoms with Crippen LogP contribution < -0.4 is 10.6 Å². The number of aromatic nitrogens is 1. The van der Waals surface area contributed by atoms with Gasteiger partial charge in [-0.25, -0.2) is 4.98 Å². The van der Waals surface area contributed by atoms with Gasteiger partial charge in [-0.15, -0.1) is 0 Å². The minimum absolute atomic E-state index is 0.216. The molecule has 0 aliphatic carbocycles. The quantitative estimate of drug-likeness (QED) is 0.331. The number of oxazole rings is 1. The Morgan fingerprint density at radius 3 is 1.94 bits per heavy atom. The van der Waals surface area contributed by atoms with Crippen LogP contribution in [0.1, 0.15) is 46.3 Å². The van der Waals surface area contributed by atoms with Crippen LogP contribution in [0.25, 0.3) is 11.3 Å². The number of nitrogens with one attached hydrogen (secondary N) is 2. The van der Waals surface area contributed by atoms with Crippen molar-refractivity contribution in [3.8, 4) is 11.3 Å². The lowest BCUT2D eigenvalue weighted by Crippen LogP contribution is -2.25. The molecule has 0 radical (unpaired) electrons. The largest absolute Gasteiger partial charge is 0.434 e. The van der Waals surface area contributed by atoms with Gasteiger partial charge in [0.05, 0.1) is 5.92 Å². The van der Waals surface area contributed by atoms with Gasteiger partial charge in [0.2, 0.25) is 11.7 Å². The number of unbranched alkanes of at least 4 members (excludes halogenated alkanes) is 1. The predicted octanol–water partition coefficient (Wildman–Crippen LogP) is 5.25. The van der Waals surface area contributed by atoms with Crippen molar-refractivity contribution in [2.24, 2.45) is 0 Å². The van der Waals surface area contributed by atoms with Gasteiger partial charge in [0.15, 0.2) is 0 Å². The Labute approximate surface area is 194 Å². The molecule has 1 aromatic heterocycles. The average Bonchev–Trinajstić information content (AvgIpc) is 3.31. The molecular formula is C28H29N3O2. The summed E-state index contributed by atoms with van der Waals surface area (Å²) in [5.74, 6) is 0.303. The molecule has 0 saturated carbocycles. The zero-order chi connectivity index (χ0) is 22.9. The summed E-state index contributed by atoms with van der Waals surface area (Å²) < 4.78 is 6.24. The summed E-state index contributed by atoms with van der Waals surface area (Å²) in [7, 11) is 1.93. The lowest BCUT2D eigenvalue weighted by molar-refractivity contribution is 0.0924. The second-order valence-electron chi connectivity index (χ2n) is 7.92. The lowest BCUT2D eigenvalue weighted by Gasteiger charge is -2.14. The van der Waals surface area contributed by atoms with Gasteiger partial charge in [-0.3, -0.25) is 4.79 Å². The van der Waals surface area contributed by atoms with Gasteiger partial charge < -0.3 is 15.1 Å². The summed E-state index contributed by atoms with van der Waals surface area (Å²) in [6, 6.07) is 30.0. The molecular weight excluding hydrogens is 410 g/mol. The van der Waals surface area contributed by atoms with E-state index in [9.17, 15) is 4.79 Å². The molecule has 1 amide bonds. The summed E-state index contributed by atoms with van der Waals surface area (Å²) in [6.45, 7) is 1.51. The second kappa shape index (κ2) is 11.2. The molecule has 0 unspecified atom stereocenters. The van der Waals surface area contributed by atoms with E-state index in [4.69, 9.17) is 9.40 Å². The smallest absolute Gasteiger partial charge is 0.289 e. The molecule has 5 heteroatoms. The maximum Gasteiger partial charge on any atom is 0.289 e. The number of benzene rings is 3. The first-order valence-electron chi connectivity index (χ1n) is 11.4. The first-order valence-corrected chi connectivity index (χ1v) is 11.4. The number of carbonyl (C=O) groups is 1. The van der Waals surface area contributed by atoms with Crippen molar-refractivity contribution in [2.45, 2.75) is 18.8 Å². The molecule has 0 aliphatic rings. The van der Waals surface area contributed by atoms with Gasteiger partial charge >= 0.3 is 0 Å². The molecule has 0 spiro atoms. The van der Waals surface area contributed by atoms with Crippen molar-refractivity contribution in [1.82, 2.24) is 15.6 Å². The van der Waals surface area contributed by atoms with Gasteiger partial charge in [-0.2, -0.15) is 0 Å². The van der Waals surface area contributed by atoms with E-state index in [2.05, 4.69) is 34.9 Å². The first kappa shape index (κ1) is 22.5. The van der Waals surface area contributed by atoms with Gasteiger partial charge in [-0.05, 0) is 37.6 Å². The zero-order valence-electron chi connectivity index (χ0n) is 18.8. The highest BCUT2D eigenvalue weighted by molar-refractivity contribution is 5.97.